The monoisotopic (exact) mass is 399 g/mol. The lowest BCUT2D eigenvalue weighted by atomic mass is 10.2. The molecule has 0 unspecified atom stereocenters. The number of nitrogens with one attached hydrogen (secondary N) is 2. The van der Waals surface area contributed by atoms with Crippen molar-refractivity contribution < 1.29 is 0 Å². The predicted octanol–water partition coefficient (Wildman–Crippen LogP) is 5.94. The Kier molecular flexibility index (Phi) is 5.41. The summed E-state index contributed by atoms with van der Waals surface area (Å²) in [6.07, 6.45) is 6.53. The average Bonchev–Trinajstić information content (AvgIpc) is 3.18. The Morgan fingerprint density at radius 1 is 0.889 bits per heavy atom. The van der Waals surface area contributed by atoms with Crippen LogP contribution in [-0.2, 0) is 0 Å². The smallest absolute Gasteiger partial charge is 0.225 e. The zero-order valence-electron chi connectivity index (χ0n) is 14.6. The van der Waals surface area contributed by atoms with Gasteiger partial charge in [0.05, 0.1) is 21.4 Å². The second-order valence-electron chi connectivity index (χ2n) is 6.56. The molecule has 0 amide bonds. The van der Waals surface area contributed by atoms with Crippen molar-refractivity contribution in [3.63, 3.8) is 0 Å². The third-order valence-corrected chi connectivity index (χ3v) is 5.27. The Balaban J connectivity index is 1.67. The Hall–Kier alpha value is -2.37. The van der Waals surface area contributed by atoms with Crippen LogP contribution in [0.2, 0.25) is 10.0 Å². The molecule has 1 aliphatic carbocycles. The standard InChI is InChI=1S/C20H19Cl2N5/c21-15-9-8-14(11-16(15)22)24-19-12-18(17-7-3-4-10-23-17)26-20(27-19)25-13-5-1-2-6-13/h3-4,7-13H,1-2,5-6H2,(H2,24,25,26,27). The predicted molar refractivity (Wildman–Crippen MR) is 111 cm³/mol. The zero-order valence-corrected chi connectivity index (χ0v) is 16.1. The lowest BCUT2D eigenvalue weighted by Crippen LogP contribution is -2.17. The summed E-state index contributed by atoms with van der Waals surface area (Å²) in [5, 5.41) is 7.75. The molecule has 0 bridgehead atoms. The molecule has 0 atom stereocenters. The molecule has 0 aliphatic heterocycles. The van der Waals surface area contributed by atoms with E-state index in [9.17, 15) is 0 Å². The van der Waals surface area contributed by atoms with Gasteiger partial charge < -0.3 is 10.6 Å². The van der Waals surface area contributed by atoms with Gasteiger partial charge in [0, 0.05) is 24.0 Å². The van der Waals surface area contributed by atoms with Crippen molar-refractivity contribution in [1.82, 2.24) is 15.0 Å². The van der Waals surface area contributed by atoms with E-state index in [4.69, 9.17) is 23.2 Å². The minimum Gasteiger partial charge on any atom is -0.351 e. The van der Waals surface area contributed by atoms with E-state index in [0.29, 0.717) is 27.9 Å². The molecular weight excluding hydrogens is 381 g/mol. The largest absolute Gasteiger partial charge is 0.351 e. The van der Waals surface area contributed by atoms with Crippen LogP contribution in [0.5, 0.6) is 0 Å². The summed E-state index contributed by atoms with van der Waals surface area (Å²) in [4.78, 5) is 13.7. The molecule has 4 rings (SSSR count). The Bertz CT molecular complexity index is 927. The van der Waals surface area contributed by atoms with Crippen molar-refractivity contribution in [1.29, 1.82) is 0 Å². The lowest BCUT2D eigenvalue weighted by molar-refractivity contribution is 0.744. The molecule has 138 valence electrons. The van der Waals surface area contributed by atoms with E-state index in [0.717, 1.165) is 29.9 Å². The van der Waals surface area contributed by atoms with E-state index in [1.807, 2.05) is 30.3 Å². The van der Waals surface area contributed by atoms with Gasteiger partial charge in [0.2, 0.25) is 5.95 Å². The van der Waals surface area contributed by atoms with Crippen LogP contribution in [0.15, 0.2) is 48.7 Å². The molecule has 5 nitrogen and oxygen atoms in total. The second kappa shape index (κ2) is 8.11. The summed E-state index contributed by atoms with van der Waals surface area (Å²) in [6.45, 7) is 0. The molecule has 1 saturated carbocycles. The normalized spacial score (nSPS) is 14.3. The minimum atomic E-state index is 0.418. The first-order chi connectivity index (χ1) is 13.2. The third kappa shape index (κ3) is 4.49. The quantitative estimate of drug-likeness (QED) is 0.555. The van der Waals surface area contributed by atoms with E-state index in [-0.39, 0.29) is 0 Å². The maximum Gasteiger partial charge on any atom is 0.225 e. The number of benzene rings is 1. The molecule has 0 saturated heterocycles. The molecule has 7 heteroatoms. The Morgan fingerprint density at radius 2 is 1.74 bits per heavy atom. The molecule has 0 spiro atoms. The van der Waals surface area contributed by atoms with Crippen LogP contribution < -0.4 is 10.6 Å². The first-order valence-electron chi connectivity index (χ1n) is 8.96. The van der Waals surface area contributed by atoms with Crippen LogP contribution in [0, 0.1) is 0 Å². The second-order valence-corrected chi connectivity index (χ2v) is 7.37. The van der Waals surface area contributed by atoms with Crippen molar-refractivity contribution in [3.05, 3.63) is 58.7 Å². The van der Waals surface area contributed by atoms with Gasteiger partial charge in [-0.2, -0.15) is 4.98 Å². The number of halogens is 2. The fourth-order valence-corrected chi connectivity index (χ4v) is 3.49. The third-order valence-electron chi connectivity index (χ3n) is 4.53. The van der Waals surface area contributed by atoms with Gasteiger partial charge in [0.25, 0.3) is 0 Å². The van der Waals surface area contributed by atoms with Gasteiger partial charge in [0.15, 0.2) is 0 Å². The number of hydrogen-bond donors (Lipinski definition) is 2. The van der Waals surface area contributed by atoms with Crippen LogP contribution >= 0.6 is 23.2 Å². The number of nitrogens with zero attached hydrogens (tertiary/aromatic N) is 3. The number of aromatic nitrogens is 3. The van der Waals surface area contributed by atoms with E-state index < -0.39 is 0 Å². The van der Waals surface area contributed by atoms with Gasteiger partial charge in [-0.25, -0.2) is 4.98 Å². The van der Waals surface area contributed by atoms with E-state index in [1.165, 1.54) is 12.8 Å². The highest BCUT2D eigenvalue weighted by atomic mass is 35.5. The van der Waals surface area contributed by atoms with Crippen molar-refractivity contribution in [2.75, 3.05) is 10.6 Å². The highest BCUT2D eigenvalue weighted by Crippen LogP contribution is 2.28. The van der Waals surface area contributed by atoms with Crippen LogP contribution in [0.3, 0.4) is 0 Å². The summed E-state index contributed by atoms with van der Waals surface area (Å²) >= 11 is 12.1. The molecule has 3 aromatic rings. The van der Waals surface area contributed by atoms with E-state index in [1.54, 1.807) is 18.3 Å². The number of rotatable bonds is 5. The van der Waals surface area contributed by atoms with Crippen LogP contribution in [-0.4, -0.2) is 21.0 Å². The van der Waals surface area contributed by atoms with Gasteiger partial charge in [0.1, 0.15) is 5.82 Å². The van der Waals surface area contributed by atoms with Crippen LogP contribution in [0.1, 0.15) is 25.7 Å². The number of hydrogen-bond acceptors (Lipinski definition) is 5. The summed E-state index contributed by atoms with van der Waals surface area (Å²) in [5.74, 6) is 1.28. The van der Waals surface area contributed by atoms with Crippen LogP contribution in [0.25, 0.3) is 11.4 Å². The van der Waals surface area contributed by atoms with Crippen molar-refractivity contribution in [3.8, 4) is 11.4 Å². The van der Waals surface area contributed by atoms with E-state index in [2.05, 4.69) is 25.6 Å². The highest BCUT2D eigenvalue weighted by Gasteiger charge is 2.17. The maximum atomic E-state index is 6.12. The summed E-state index contributed by atoms with van der Waals surface area (Å²) in [6, 6.07) is 13.5. The first-order valence-corrected chi connectivity index (χ1v) is 9.72. The average molecular weight is 400 g/mol. The summed E-state index contributed by atoms with van der Waals surface area (Å²) in [7, 11) is 0. The number of pyridine rings is 1. The van der Waals surface area contributed by atoms with Gasteiger partial charge in [-0.05, 0) is 43.2 Å². The van der Waals surface area contributed by atoms with Crippen molar-refractivity contribution >= 4 is 40.7 Å². The van der Waals surface area contributed by atoms with Gasteiger partial charge >= 0.3 is 0 Å². The fourth-order valence-electron chi connectivity index (χ4n) is 3.20. The summed E-state index contributed by atoms with van der Waals surface area (Å²) < 4.78 is 0. The molecule has 2 heterocycles. The SMILES string of the molecule is Clc1ccc(Nc2cc(-c3ccccn3)nc(NC3CCCC3)n2)cc1Cl. The molecule has 1 aliphatic rings. The molecule has 2 N–H and O–H groups in total. The lowest BCUT2D eigenvalue weighted by Gasteiger charge is -2.15. The van der Waals surface area contributed by atoms with Gasteiger partial charge in [-0.15, -0.1) is 0 Å². The fraction of sp³-hybridized carbons (Fsp3) is 0.250. The Morgan fingerprint density at radius 3 is 2.48 bits per heavy atom. The zero-order chi connectivity index (χ0) is 18.6. The van der Waals surface area contributed by atoms with Gasteiger partial charge in [-0.3, -0.25) is 4.98 Å². The topological polar surface area (TPSA) is 62.7 Å². The molecule has 1 aromatic carbocycles. The summed E-state index contributed by atoms with van der Waals surface area (Å²) in [5.41, 5.74) is 2.36. The Labute approximate surface area is 168 Å². The molecule has 27 heavy (non-hydrogen) atoms. The van der Waals surface area contributed by atoms with Crippen molar-refractivity contribution in [2.45, 2.75) is 31.7 Å². The first kappa shape index (κ1) is 18.0. The number of anilines is 3. The molecular formula is C20H19Cl2N5. The molecule has 1 fully saturated rings. The maximum absolute atomic E-state index is 6.12. The van der Waals surface area contributed by atoms with Gasteiger partial charge in [-0.1, -0.05) is 42.1 Å². The van der Waals surface area contributed by atoms with Crippen molar-refractivity contribution in [2.24, 2.45) is 0 Å². The highest BCUT2D eigenvalue weighted by molar-refractivity contribution is 6.42. The van der Waals surface area contributed by atoms with Crippen LogP contribution in [0.4, 0.5) is 17.5 Å². The molecule has 0 radical (unpaired) electrons. The van der Waals surface area contributed by atoms with E-state index >= 15 is 0 Å². The minimum absolute atomic E-state index is 0.418. The molecule has 2 aromatic heterocycles.